The average molecular weight is 336 g/mol. The molecule has 18 heavy (non-hydrogen) atoms. The number of hydrogen-bond acceptors (Lipinski definition) is 4. The Morgan fingerprint density at radius 1 is 1.50 bits per heavy atom. The van der Waals surface area contributed by atoms with Crippen LogP contribution in [0.4, 0.5) is 5.82 Å². The first kappa shape index (κ1) is 15.4. The highest BCUT2D eigenvalue weighted by Crippen LogP contribution is 2.25. The van der Waals surface area contributed by atoms with Crippen LogP contribution in [-0.2, 0) is 10.0 Å². The fourth-order valence-electron chi connectivity index (χ4n) is 1.59. The second-order valence-electron chi connectivity index (χ2n) is 4.43. The zero-order chi connectivity index (χ0) is 13.9. The predicted octanol–water partition coefficient (Wildman–Crippen LogP) is 2.16. The van der Waals surface area contributed by atoms with Gasteiger partial charge < -0.3 is 5.32 Å². The fraction of sp³-hybridized carbons (Fsp3) is 0.545. The lowest BCUT2D eigenvalue weighted by molar-refractivity contribution is 0.417. The lowest BCUT2D eigenvalue weighted by Crippen LogP contribution is -2.31. The molecule has 0 radical (unpaired) electrons. The average Bonchev–Trinajstić information content (AvgIpc) is 2.28. The number of pyridine rings is 1. The van der Waals surface area contributed by atoms with Crippen molar-refractivity contribution in [3.63, 3.8) is 0 Å². The zero-order valence-corrected chi connectivity index (χ0v) is 13.3. The molecule has 0 bridgehead atoms. The molecule has 0 aliphatic rings. The number of hydrogen-bond donors (Lipinski definition) is 1. The largest absolute Gasteiger partial charge is 0.372 e. The zero-order valence-electron chi connectivity index (χ0n) is 10.9. The molecular weight excluding hydrogens is 318 g/mol. The van der Waals surface area contributed by atoms with Crippen molar-refractivity contribution in [1.82, 2.24) is 9.29 Å². The summed E-state index contributed by atoms with van der Waals surface area (Å²) in [5.41, 5.74) is 0. The summed E-state index contributed by atoms with van der Waals surface area (Å²) < 4.78 is 26.8. The third-order valence-corrected chi connectivity index (χ3v) is 4.64. The van der Waals surface area contributed by atoms with Crippen LogP contribution in [0.15, 0.2) is 21.6 Å². The first-order chi connectivity index (χ1) is 8.28. The summed E-state index contributed by atoms with van der Waals surface area (Å²) in [5, 5.41) is 2.80. The lowest BCUT2D eigenvalue weighted by Gasteiger charge is -2.20. The van der Waals surface area contributed by atoms with E-state index in [1.807, 2.05) is 13.8 Å². The van der Waals surface area contributed by atoms with E-state index in [0.29, 0.717) is 16.8 Å². The summed E-state index contributed by atoms with van der Waals surface area (Å²) in [6, 6.07) is 1.56. The highest BCUT2D eigenvalue weighted by atomic mass is 79.9. The van der Waals surface area contributed by atoms with Gasteiger partial charge >= 0.3 is 0 Å². The molecule has 0 amide bonds. The van der Waals surface area contributed by atoms with Gasteiger partial charge in [-0.2, -0.15) is 0 Å². The van der Waals surface area contributed by atoms with Crippen LogP contribution in [0.1, 0.15) is 13.8 Å². The smallest absolute Gasteiger partial charge is 0.246 e. The lowest BCUT2D eigenvalue weighted by atomic mass is 10.2. The molecular formula is C11H18BrN3O2S. The minimum absolute atomic E-state index is 0.183. The van der Waals surface area contributed by atoms with Gasteiger partial charge in [-0.25, -0.2) is 17.7 Å². The third-order valence-electron chi connectivity index (χ3n) is 2.37. The first-order valence-electron chi connectivity index (χ1n) is 5.58. The van der Waals surface area contributed by atoms with Crippen molar-refractivity contribution in [3.8, 4) is 0 Å². The molecule has 102 valence electrons. The van der Waals surface area contributed by atoms with E-state index in [1.54, 1.807) is 26.4 Å². The molecule has 0 saturated heterocycles. The van der Waals surface area contributed by atoms with Gasteiger partial charge in [-0.15, -0.1) is 0 Å². The molecule has 0 fully saturated rings. The summed E-state index contributed by atoms with van der Waals surface area (Å²) in [6.07, 6.45) is 1.56. The number of halogens is 1. The summed E-state index contributed by atoms with van der Waals surface area (Å²) >= 11 is 3.24. The van der Waals surface area contributed by atoms with Crippen molar-refractivity contribution in [2.24, 2.45) is 5.92 Å². The summed E-state index contributed by atoms with van der Waals surface area (Å²) in [6.45, 7) is 4.42. The number of aromatic nitrogens is 1. The number of anilines is 1. The molecule has 1 heterocycles. The third kappa shape index (κ3) is 3.43. The molecule has 0 saturated carbocycles. The SMILES string of the molecule is CNc1ncc(Br)cc1S(=O)(=O)N(C)CC(C)C. The van der Waals surface area contributed by atoms with Crippen molar-refractivity contribution >= 4 is 31.8 Å². The Hall–Kier alpha value is -0.660. The number of sulfonamides is 1. The van der Waals surface area contributed by atoms with E-state index in [4.69, 9.17) is 0 Å². The van der Waals surface area contributed by atoms with E-state index < -0.39 is 10.0 Å². The topological polar surface area (TPSA) is 62.3 Å². The molecule has 0 unspecified atom stereocenters. The number of rotatable bonds is 5. The predicted molar refractivity (Wildman–Crippen MR) is 76.1 cm³/mol. The van der Waals surface area contributed by atoms with Gasteiger partial charge in [-0.05, 0) is 27.9 Å². The molecule has 1 aromatic rings. The van der Waals surface area contributed by atoms with E-state index in [2.05, 4.69) is 26.2 Å². The van der Waals surface area contributed by atoms with Crippen LogP contribution < -0.4 is 5.32 Å². The Kier molecular flexibility index (Phi) is 5.12. The van der Waals surface area contributed by atoms with E-state index in [-0.39, 0.29) is 10.8 Å². The maximum absolute atomic E-state index is 12.4. The van der Waals surface area contributed by atoms with Crippen LogP contribution >= 0.6 is 15.9 Å². The normalized spacial score (nSPS) is 12.2. The molecule has 7 heteroatoms. The first-order valence-corrected chi connectivity index (χ1v) is 7.82. The van der Waals surface area contributed by atoms with Crippen molar-refractivity contribution < 1.29 is 8.42 Å². The van der Waals surface area contributed by atoms with Crippen molar-refractivity contribution in [3.05, 3.63) is 16.7 Å². The molecule has 0 spiro atoms. The van der Waals surface area contributed by atoms with Gasteiger partial charge in [0, 0.05) is 31.3 Å². The molecule has 0 aliphatic heterocycles. The van der Waals surface area contributed by atoms with Crippen LogP contribution in [0.5, 0.6) is 0 Å². The van der Waals surface area contributed by atoms with Gasteiger partial charge in [0.25, 0.3) is 0 Å². The Morgan fingerprint density at radius 3 is 2.61 bits per heavy atom. The standard InChI is InChI=1S/C11H18BrN3O2S/c1-8(2)7-15(4)18(16,17)10-5-9(12)6-14-11(10)13-3/h5-6,8H,7H2,1-4H3,(H,13,14). The molecule has 1 rings (SSSR count). The van der Waals surface area contributed by atoms with Gasteiger partial charge in [0.15, 0.2) is 0 Å². The molecule has 1 N–H and O–H groups in total. The van der Waals surface area contributed by atoms with Crippen LogP contribution in [-0.4, -0.2) is 38.3 Å². The molecule has 0 atom stereocenters. The number of nitrogens with zero attached hydrogens (tertiary/aromatic N) is 2. The summed E-state index contributed by atoms with van der Waals surface area (Å²) in [4.78, 5) is 4.24. The minimum atomic E-state index is -3.52. The molecule has 5 nitrogen and oxygen atoms in total. The van der Waals surface area contributed by atoms with E-state index >= 15 is 0 Å². The fourth-order valence-corrected chi connectivity index (χ4v) is 3.57. The van der Waals surface area contributed by atoms with Gasteiger partial charge in [0.2, 0.25) is 10.0 Å². The van der Waals surface area contributed by atoms with Crippen LogP contribution in [0.3, 0.4) is 0 Å². The Bertz CT molecular complexity index is 517. The Balaban J connectivity index is 3.23. The van der Waals surface area contributed by atoms with Gasteiger partial charge in [-0.1, -0.05) is 13.8 Å². The second-order valence-corrected chi connectivity index (χ2v) is 7.36. The summed E-state index contributed by atoms with van der Waals surface area (Å²) in [5.74, 6) is 0.622. The maximum Gasteiger partial charge on any atom is 0.246 e. The number of nitrogens with one attached hydrogen (secondary N) is 1. The van der Waals surface area contributed by atoms with E-state index in [0.717, 1.165) is 0 Å². The monoisotopic (exact) mass is 335 g/mol. The highest BCUT2D eigenvalue weighted by Gasteiger charge is 2.25. The summed E-state index contributed by atoms with van der Waals surface area (Å²) in [7, 11) is -0.291. The molecule has 0 aromatic carbocycles. The van der Waals surface area contributed by atoms with E-state index in [1.165, 1.54) is 4.31 Å². The van der Waals surface area contributed by atoms with Gasteiger partial charge in [-0.3, -0.25) is 0 Å². The maximum atomic E-state index is 12.4. The Morgan fingerprint density at radius 2 is 2.11 bits per heavy atom. The van der Waals surface area contributed by atoms with Crippen LogP contribution in [0.2, 0.25) is 0 Å². The van der Waals surface area contributed by atoms with Crippen LogP contribution in [0.25, 0.3) is 0 Å². The van der Waals surface area contributed by atoms with E-state index in [9.17, 15) is 8.42 Å². The Labute approximate surface area is 117 Å². The second kappa shape index (κ2) is 5.99. The minimum Gasteiger partial charge on any atom is -0.372 e. The van der Waals surface area contributed by atoms with Gasteiger partial charge in [0.05, 0.1) is 0 Å². The van der Waals surface area contributed by atoms with Crippen LogP contribution in [0, 0.1) is 5.92 Å². The van der Waals surface area contributed by atoms with Gasteiger partial charge in [0.1, 0.15) is 10.7 Å². The van der Waals surface area contributed by atoms with Crippen molar-refractivity contribution in [1.29, 1.82) is 0 Å². The van der Waals surface area contributed by atoms with Crippen molar-refractivity contribution in [2.75, 3.05) is 26.0 Å². The quantitative estimate of drug-likeness (QED) is 0.895. The van der Waals surface area contributed by atoms with Crippen molar-refractivity contribution in [2.45, 2.75) is 18.7 Å². The molecule has 1 aromatic heterocycles. The highest BCUT2D eigenvalue weighted by molar-refractivity contribution is 9.10. The molecule has 0 aliphatic carbocycles.